The first-order valence-corrected chi connectivity index (χ1v) is 16.1. The first kappa shape index (κ1) is 34.0. The average molecular weight is 657 g/mol. The molecule has 0 bridgehead atoms. The summed E-state index contributed by atoms with van der Waals surface area (Å²) in [6.45, 7) is 2.04. The molecule has 0 fully saturated rings. The van der Waals surface area contributed by atoms with Crippen LogP contribution >= 0.6 is 24.0 Å². The number of aromatic hydroxyl groups is 1. The highest BCUT2D eigenvalue weighted by Crippen LogP contribution is 2.48. The van der Waals surface area contributed by atoms with E-state index in [1.165, 1.54) is 23.9 Å². The summed E-state index contributed by atoms with van der Waals surface area (Å²) in [5.41, 5.74) is 3.73. The van der Waals surface area contributed by atoms with Crippen LogP contribution in [-0.4, -0.2) is 53.5 Å². The number of thiocarbonyl (C=S) groups is 1. The van der Waals surface area contributed by atoms with Gasteiger partial charge in [0.1, 0.15) is 5.75 Å². The standard InChI is InChI=1S/C35H36N4O5S2/c1-2-44-33(43)20-21-36-34(45)38-28-18-19-30(40)29(22-28)39-31(41)23-37-32(42)24-46-35(25-12-6-3-7-13-25,26-14-8-4-9-15-26)27-16-10-5-11-17-27/h3-19,22,40H,2,20-21,23-24H2,1H3,(H,37,42)(H,39,41)(H2,36,38,45). The number of nitrogens with one attached hydrogen (secondary N) is 4. The van der Waals surface area contributed by atoms with Gasteiger partial charge in [-0.05, 0) is 54.0 Å². The van der Waals surface area contributed by atoms with E-state index in [1.54, 1.807) is 13.0 Å². The maximum absolute atomic E-state index is 13.1. The fraction of sp³-hybridized carbons (Fsp3) is 0.200. The third-order valence-electron chi connectivity index (χ3n) is 6.86. The van der Waals surface area contributed by atoms with E-state index in [4.69, 9.17) is 17.0 Å². The Balaban J connectivity index is 1.37. The van der Waals surface area contributed by atoms with Crippen LogP contribution in [0.5, 0.6) is 5.75 Å². The quantitative estimate of drug-likeness (QED) is 0.0398. The maximum Gasteiger partial charge on any atom is 0.307 e. The van der Waals surface area contributed by atoms with Crippen LogP contribution in [0.4, 0.5) is 11.4 Å². The van der Waals surface area contributed by atoms with Crippen LogP contribution < -0.4 is 21.3 Å². The molecule has 238 valence electrons. The van der Waals surface area contributed by atoms with Crippen molar-refractivity contribution in [2.45, 2.75) is 18.1 Å². The van der Waals surface area contributed by atoms with Gasteiger partial charge in [-0.25, -0.2) is 0 Å². The summed E-state index contributed by atoms with van der Waals surface area (Å²) in [7, 11) is 0. The summed E-state index contributed by atoms with van der Waals surface area (Å²) in [4.78, 5) is 37.4. The summed E-state index contributed by atoms with van der Waals surface area (Å²) in [5, 5.41) is 21.7. The molecular formula is C35H36N4O5S2. The molecule has 0 saturated heterocycles. The van der Waals surface area contributed by atoms with Gasteiger partial charge in [-0.1, -0.05) is 91.0 Å². The monoisotopic (exact) mass is 656 g/mol. The first-order valence-electron chi connectivity index (χ1n) is 14.7. The predicted molar refractivity (Wildman–Crippen MR) is 187 cm³/mol. The van der Waals surface area contributed by atoms with E-state index in [0.29, 0.717) is 12.3 Å². The van der Waals surface area contributed by atoms with E-state index in [0.717, 1.165) is 16.7 Å². The van der Waals surface area contributed by atoms with Gasteiger partial charge in [0.25, 0.3) is 0 Å². The van der Waals surface area contributed by atoms with Crippen molar-refractivity contribution in [1.82, 2.24) is 10.6 Å². The minimum Gasteiger partial charge on any atom is -0.506 e. The lowest BCUT2D eigenvalue weighted by molar-refractivity contribution is -0.142. The van der Waals surface area contributed by atoms with Gasteiger partial charge >= 0.3 is 5.97 Å². The second-order valence-corrected chi connectivity index (χ2v) is 11.7. The van der Waals surface area contributed by atoms with Crippen LogP contribution in [0.3, 0.4) is 0 Å². The highest BCUT2D eigenvalue weighted by atomic mass is 32.2. The molecule has 4 rings (SSSR count). The van der Waals surface area contributed by atoms with Crippen molar-refractivity contribution < 1.29 is 24.2 Å². The van der Waals surface area contributed by atoms with Crippen LogP contribution in [0.15, 0.2) is 109 Å². The first-order chi connectivity index (χ1) is 22.3. The molecule has 0 atom stereocenters. The van der Waals surface area contributed by atoms with Crippen LogP contribution in [0, 0.1) is 0 Å². The van der Waals surface area contributed by atoms with Crippen LogP contribution in [-0.2, 0) is 23.9 Å². The van der Waals surface area contributed by atoms with Crippen molar-refractivity contribution in [3.8, 4) is 5.75 Å². The molecule has 0 saturated carbocycles. The van der Waals surface area contributed by atoms with Crippen LogP contribution in [0.25, 0.3) is 0 Å². The topological polar surface area (TPSA) is 129 Å². The van der Waals surface area contributed by atoms with Crippen molar-refractivity contribution in [3.05, 3.63) is 126 Å². The Kier molecular flexibility index (Phi) is 12.6. The van der Waals surface area contributed by atoms with Crippen molar-refractivity contribution in [2.24, 2.45) is 0 Å². The van der Waals surface area contributed by atoms with E-state index in [1.807, 2.05) is 54.6 Å². The number of amides is 2. The number of anilines is 2. The minimum absolute atomic E-state index is 0.0806. The molecule has 9 nitrogen and oxygen atoms in total. The summed E-state index contributed by atoms with van der Waals surface area (Å²) in [6.07, 6.45) is 0.155. The number of thioether (sulfide) groups is 1. The smallest absolute Gasteiger partial charge is 0.307 e. The molecule has 2 amide bonds. The number of carbonyl (C=O) groups excluding carboxylic acids is 3. The average Bonchev–Trinajstić information content (AvgIpc) is 3.07. The lowest BCUT2D eigenvalue weighted by Crippen LogP contribution is -2.35. The van der Waals surface area contributed by atoms with Crippen LogP contribution in [0.2, 0.25) is 0 Å². The van der Waals surface area contributed by atoms with Gasteiger partial charge < -0.3 is 31.1 Å². The Morgan fingerprint density at radius 3 is 1.89 bits per heavy atom. The molecule has 0 heterocycles. The maximum atomic E-state index is 13.1. The molecule has 0 aliphatic heterocycles. The van der Waals surface area contributed by atoms with Crippen molar-refractivity contribution in [1.29, 1.82) is 0 Å². The van der Waals surface area contributed by atoms with Gasteiger partial charge in [0, 0.05) is 12.2 Å². The number of carbonyl (C=O) groups is 3. The fourth-order valence-corrected chi connectivity index (χ4v) is 6.34. The Morgan fingerprint density at radius 1 is 0.783 bits per heavy atom. The minimum atomic E-state index is -0.670. The van der Waals surface area contributed by atoms with Gasteiger partial charge in [0.2, 0.25) is 11.8 Å². The van der Waals surface area contributed by atoms with E-state index < -0.39 is 10.7 Å². The highest BCUT2D eigenvalue weighted by Gasteiger charge is 2.37. The molecule has 46 heavy (non-hydrogen) atoms. The van der Waals surface area contributed by atoms with Gasteiger partial charge in [0.05, 0.1) is 35.8 Å². The predicted octanol–water partition coefficient (Wildman–Crippen LogP) is 5.41. The molecule has 0 aliphatic rings. The summed E-state index contributed by atoms with van der Waals surface area (Å²) in [5.74, 6) is -1.23. The number of rotatable bonds is 14. The fourth-order valence-electron chi connectivity index (χ4n) is 4.77. The zero-order chi connectivity index (χ0) is 32.8. The number of hydrogen-bond acceptors (Lipinski definition) is 7. The second-order valence-electron chi connectivity index (χ2n) is 10.1. The summed E-state index contributed by atoms with van der Waals surface area (Å²) >= 11 is 6.73. The Labute approximate surface area is 278 Å². The van der Waals surface area contributed by atoms with Crippen molar-refractivity contribution in [3.63, 3.8) is 0 Å². The van der Waals surface area contributed by atoms with E-state index >= 15 is 0 Å². The molecule has 0 aliphatic carbocycles. The third kappa shape index (κ3) is 9.32. The normalized spacial score (nSPS) is 10.8. The summed E-state index contributed by atoms with van der Waals surface area (Å²) < 4.78 is 4.22. The molecule has 0 spiro atoms. The number of ether oxygens (including phenoxy) is 1. The second kappa shape index (κ2) is 17.0. The van der Waals surface area contributed by atoms with Gasteiger partial charge in [-0.2, -0.15) is 0 Å². The van der Waals surface area contributed by atoms with Gasteiger partial charge in [-0.15, -0.1) is 11.8 Å². The largest absolute Gasteiger partial charge is 0.506 e. The SMILES string of the molecule is CCOC(=O)CCNC(=S)Nc1ccc(O)c(NC(=O)CNC(=O)CSC(c2ccccc2)(c2ccccc2)c2ccccc2)c1. The Hall–Kier alpha value is -4.87. The van der Waals surface area contributed by atoms with Crippen molar-refractivity contribution in [2.75, 3.05) is 36.1 Å². The number of phenols is 1. The lowest BCUT2D eigenvalue weighted by atomic mass is 9.84. The number of hydrogen-bond donors (Lipinski definition) is 5. The van der Waals surface area contributed by atoms with Gasteiger partial charge in [0.15, 0.2) is 5.11 Å². The number of esters is 1. The molecule has 4 aromatic carbocycles. The molecule has 11 heteroatoms. The Morgan fingerprint density at radius 2 is 1.35 bits per heavy atom. The molecule has 4 aromatic rings. The van der Waals surface area contributed by atoms with Crippen molar-refractivity contribution >= 4 is 58.3 Å². The zero-order valence-electron chi connectivity index (χ0n) is 25.3. The highest BCUT2D eigenvalue weighted by molar-refractivity contribution is 8.01. The molecule has 0 aromatic heterocycles. The zero-order valence-corrected chi connectivity index (χ0v) is 27.0. The number of phenolic OH excluding ortho intramolecular Hbond substituents is 1. The molecule has 0 unspecified atom stereocenters. The van der Waals surface area contributed by atoms with E-state index in [9.17, 15) is 19.5 Å². The van der Waals surface area contributed by atoms with E-state index in [2.05, 4.69) is 57.7 Å². The van der Waals surface area contributed by atoms with Gasteiger partial charge in [-0.3, -0.25) is 14.4 Å². The Bertz CT molecular complexity index is 1530. The molecular weight excluding hydrogens is 621 g/mol. The summed E-state index contributed by atoms with van der Waals surface area (Å²) in [6, 6.07) is 34.6. The molecule has 0 radical (unpaired) electrons. The third-order valence-corrected chi connectivity index (χ3v) is 8.65. The lowest BCUT2D eigenvalue weighted by Gasteiger charge is -2.35. The van der Waals surface area contributed by atoms with E-state index in [-0.39, 0.29) is 53.7 Å². The molecule has 5 N–H and O–H groups in total. The number of benzene rings is 4. The van der Waals surface area contributed by atoms with Crippen LogP contribution in [0.1, 0.15) is 30.0 Å².